The van der Waals surface area contributed by atoms with Gasteiger partial charge in [-0.25, -0.2) is 4.98 Å². The number of rotatable bonds is 3. The zero-order chi connectivity index (χ0) is 11.7. The van der Waals surface area contributed by atoms with Crippen LogP contribution >= 0.6 is 0 Å². The number of anilines is 1. The van der Waals surface area contributed by atoms with E-state index < -0.39 is 0 Å². The first kappa shape index (κ1) is 11.5. The molecule has 2 heterocycles. The minimum absolute atomic E-state index is 0.430. The van der Waals surface area contributed by atoms with Crippen LogP contribution in [0.5, 0.6) is 0 Å². The van der Waals surface area contributed by atoms with E-state index in [-0.39, 0.29) is 0 Å². The SMILES string of the molecule is Cc1cn(C2CCN(C)C2)c(NC(C)C)n1. The zero-order valence-corrected chi connectivity index (χ0v) is 10.7. The van der Waals surface area contributed by atoms with Crippen LogP contribution in [0, 0.1) is 6.92 Å². The molecule has 1 atom stereocenters. The molecule has 0 bridgehead atoms. The summed E-state index contributed by atoms with van der Waals surface area (Å²) in [6.45, 7) is 8.66. The molecule has 1 N–H and O–H groups in total. The fourth-order valence-corrected chi connectivity index (χ4v) is 2.30. The van der Waals surface area contributed by atoms with Crippen LogP contribution < -0.4 is 5.32 Å². The maximum atomic E-state index is 4.55. The van der Waals surface area contributed by atoms with E-state index in [0.29, 0.717) is 12.1 Å². The largest absolute Gasteiger partial charge is 0.353 e. The van der Waals surface area contributed by atoms with Crippen molar-refractivity contribution in [1.82, 2.24) is 14.5 Å². The van der Waals surface area contributed by atoms with Gasteiger partial charge in [0, 0.05) is 18.8 Å². The second kappa shape index (κ2) is 4.45. The molecule has 16 heavy (non-hydrogen) atoms. The van der Waals surface area contributed by atoms with E-state index in [2.05, 4.69) is 53.8 Å². The number of likely N-dealkylation sites (tertiary alicyclic amines) is 1. The average molecular weight is 222 g/mol. The highest BCUT2D eigenvalue weighted by Gasteiger charge is 2.23. The molecule has 1 aromatic heterocycles. The molecule has 1 aliphatic rings. The first-order valence-corrected chi connectivity index (χ1v) is 6.07. The molecule has 0 aliphatic carbocycles. The van der Waals surface area contributed by atoms with E-state index in [0.717, 1.165) is 18.2 Å². The predicted molar refractivity (Wildman–Crippen MR) is 66.9 cm³/mol. The Balaban J connectivity index is 2.19. The Morgan fingerprint density at radius 1 is 1.50 bits per heavy atom. The third kappa shape index (κ3) is 2.38. The van der Waals surface area contributed by atoms with E-state index in [1.54, 1.807) is 0 Å². The molecule has 0 aromatic carbocycles. The molecule has 0 spiro atoms. The topological polar surface area (TPSA) is 33.1 Å². The maximum Gasteiger partial charge on any atom is 0.203 e. The van der Waals surface area contributed by atoms with Gasteiger partial charge in [-0.15, -0.1) is 0 Å². The van der Waals surface area contributed by atoms with Gasteiger partial charge >= 0.3 is 0 Å². The lowest BCUT2D eigenvalue weighted by Crippen LogP contribution is -2.20. The van der Waals surface area contributed by atoms with Gasteiger partial charge in [0.05, 0.1) is 11.7 Å². The standard InChI is InChI=1S/C12H22N4/c1-9(2)13-12-14-10(3)7-16(12)11-5-6-15(4)8-11/h7,9,11H,5-6,8H2,1-4H3,(H,13,14). The molecular weight excluding hydrogens is 200 g/mol. The summed E-state index contributed by atoms with van der Waals surface area (Å²) in [6, 6.07) is 1.01. The van der Waals surface area contributed by atoms with Crippen LogP contribution in [-0.2, 0) is 0 Å². The van der Waals surface area contributed by atoms with Crippen molar-refractivity contribution in [1.29, 1.82) is 0 Å². The number of likely N-dealkylation sites (N-methyl/N-ethyl adjacent to an activating group) is 1. The van der Waals surface area contributed by atoms with Gasteiger partial charge in [0.2, 0.25) is 5.95 Å². The fourth-order valence-electron chi connectivity index (χ4n) is 2.30. The molecule has 1 aliphatic heterocycles. The average Bonchev–Trinajstić information content (AvgIpc) is 2.72. The Morgan fingerprint density at radius 2 is 2.25 bits per heavy atom. The minimum Gasteiger partial charge on any atom is -0.353 e. The van der Waals surface area contributed by atoms with Crippen molar-refractivity contribution in [2.24, 2.45) is 0 Å². The zero-order valence-electron chi connectivity index (χ0n) is 10.7. The summed E-state index contributed by atoms with van der Waals surface area (Å²) in [4.78, 5) is 6.93. The van der Waals surface area contributed by atoms with E-state index >= 15 is 0 Å². The number of nitrogens with zero attached hydrogens (tertiary/aromatic N) is 3. The number of nitrogens with one attached hydrogen (secondary N) is 1. The van der Waals surface area contributed by atoms with Crippen molar-refractivity contribution in [2.75, 3.05) is 25.5 Å². The second-order valence-electron chi connectivity index (χ2n) is 5.12. The summed E-state index contributed by atoms with van der Waals surface area (Å²) in [5.41, 5.74) is 1.10. The normalized spacial score (nSPS) is 21.9. The van der Waals surface area contributed by atoms with Crippen LogP contribution in [0.3, 0.4) is 0 Å². The molecule has 1 fully saturated rings. The summed E-state index contributed by atoms with van der Waals surface area (Å²) >= 11 is 0. The van der Waals surface area contributed by atoms with Gasteiger partial charge in [0.15, 0.2) is 0 Å². The lowest BCUT2D eigenvalue weighted by molar-refractivity contribution is 0.393. The Labute approximate surface area is 97.7 Å². The number of aromatic nitrogens is 2. The van der Waals surface area contributed by atoms with Crippen LogP contribution in [-0.4, -0.2) is 40.6 Å². The first-order chi connectivity index (χ1) is 7.56. The van der Waals surface area contributed by atoms with Gasteiger partial charge in [0.1, 0.15) is 0 Å². The number of imidazole rings is 1. The number of hydrogen-bond acceptors (Lipinski definition) is 3. The van der Waals surface area contributed by atoms with Crippen molar-refractivity contribution >= 4 is 5.95 Å². The molecule has 4 nitrogen and oxygen atoms in total. The maximum absolute atomic E-state index is 4.55. The number of hydrogen-bond donors (Lipinski definition) is 1. The third-order valence-corrected chi connectivity index (χ3v) is 3.03. The Bertz CT molecular complexity index is 356. The molecule has 1 aromatic rings. The number of aryl methyl sites for hydroxylation is 1. The second-order valence-corrected chi connectivity index (χ2v) is 5.12. The van der Waals surface area contributed by atoms with E-state index in [1.807, 2.05) is 0 Å². The van der Waals surface area contributed by atoms with E-state index in [1.165, 1.54) is 13.0 Å². The summed E-state index contributed by atoms with van der Waals surface area (Å²) < 4.78 is 2.30. The molecule has 2 rings (SSSR count). The van der Waals surface area contributed by atoms with Gasteiger partial charge in [0.25, 0.3) is 0 Å². The quantitative estimate of drug-likeness (QED) is 0.848. The van der Waals surface area contributed by atoms with Crippen LogP contribution in [0.25, 0.3) is 0 Å². The highest BCUT2D eigenvalue weighted by Crippen LogP contribution is 2.24. The van der Waals surface area contributed by atoms with Crippen LogP contribution in [0.1, 0.15) is 32.0 Å². The van der Waals surface area contributed by atoms with Crippen molar-refractivity contribution in [3.63, 3.8) is 0 Å². The summed E-state index contributed by atoms with van der Waals surface area (Å²) in [5.74, 6) is 1.02. The molecule has 0 amide bonds. The van der Waals surface area contributed by atoms with Gasteiger partial charge in [-0.05, 0) is 40.8 Å². The molecular formula is C12H22N4. The summed E-state index contributed by atoms with van der Waals surface area (Å²) in [5, 5.41) is 3.42. The monoisotopic (exact) mass is 222 g/mol. The third-order valence-electron chi connectivity index (χ3n) is 3.03. The van der Waals surface area contributed by atoms with Gasteiger partial charge < -0.3 is 14.8 Å². The van der Waals surface area contributed by atoms with Crippen LogP contribution in [0.15, 0.2) is 6.20 Å². The highest BCUT2D eigenvalue weighted by molar-refractivity contribution is 5.30. The summed E-state index contributed by atoms with van der Waals surface area (Å²) in [6.07, 6.45) is 3.38. The van der Waals surface area contributed by atoms with Crippen molar-refractivity contribution < 1.29 is 0 Å². The van der Waals surface area contributed by atoms with Crippen molar-refractivity contribution in [2.45, 2.75) is 39.3 Å². The fraction of sp³-hybridized carbons (Fsp3) is 0.750. The lowest BCUT2D eigenvalue weighted by atomic mass is 10.2. The smallest absolute Gasteiger partial charge is 0.203 e. The van der Waals surface area contributed by atoms with Crippen LogP contribution in [0.2, 0.25) is 0 Å². The van der Waals surface area contributed by atoms with E-state index in [4.69, 9.17) is 0 Å². The Hall–Kier alpha value is -1.03. The molecule has 0 saturated carbocycles. The Morgan fingerprint density at radius 3 is 2.81 bits per heavy atom. The van der Waals surface area contributed by atoms with Gasteiger partial charge in [-0.1, -0.05) is 0 Å². The summed E-state index contributed by atoms with van der Waals surface area (Å²) in [7, 11) is 2.18. The minimum atomic E-state index is 0.430. The molecule has 1 unspecified atom stereocenters. The van der Waals surface area contributed by atoms with E-state index in [9.17, 15) is 0 Å². The Kier molecular flexibility index (Phi) is 3.19. The van der Waals surface area contributed by atoms with Crippen LogP contribution in [0.4, 0.5) is 5.95 Å². The molecule has 0 radical (unpaired) electrons. The highest BCUT2D eigenvalue weighted by atomic mass is 15.3. The molecule has 4 heteroatoms. The molecule has 90 valence electrons. The lowest BCUT2D eigenvalue weighted by Gasteiger charge is -2.17. The van der Waals surface area contributed by atoms with Crippen molar-refractivity contribution in [3.8, 4) is 0 Å². The predicted octanol–water partition coefficient (Wildman–Crippen LogP) is 1.89. The van der Waals surface area contributed by atoms with Gasteiger partial charge in [-0.3, -0.25) is 0 Å². The van der Waals surface area contributed by atoms with Crippen molar-refractivity contribution in [3.05, 3.63) is 11.9 Å². The molecule has 1 saturated heterocycles. The van der Waals surface area contributed by atoms with Gasteiger partial charge in [-0.2, -0.15) is 0 Å². The first-order valence-electron chi connectivity index (χ1n) is 6.07.